The van der Waals surface area contributed by atoms with Crippen LogP contribution in [0.2, 0.25) is 0 Å². The molecule has 5 heteroatoms. The molecule has 5 nitrogen and oxygen atoms in total. The third-order valence-electron chi connectivity index (χ3n) is 4.15. The van der Waals surface area contributed by atoms with Crippen LogP contribution in [0.25, 0.3) is 5.65 Å². The number of nitrogens with zero attached hydrogens (tertiary/aromatic N) is 3. The van der Waals surface area contributed by atoms with E-state index < -0.39 is 0 Å². The van der Waals surface area contributed by atoms with E-state index in [9.17, 15) is 10.1 Å². The number of hydrogen-bond donors (Lipinski definition) is 1. The van der Waals surface area contributed by atoms with Crippen LogP contribution in [0.1, 0.15) is 75.7 Å². The molecule has 22 heavy (non-hydrogen) atoms. The molecule has 2 rings (SSSR count). The van der Waals surface area contributed by atoms with Gasteiger partial charge < -0.3 is 0 Å². The summed E-state index contributed by atoms with van der Waals surface area (Å²) in [4.78, 5) is 17.1. The van der Waals surface area contributed by atoms with Crippen LogP contribution in [0.15, 0.2) is 10.9 Å². The average Bonchev–Trinajstić information content (AvgIpc) is 2.93. The highest BCUT2D eigenvalue weighted by Gasteiger charge is 2.17. The quantitative estimate of drug-likeness (QED) is 0.850. The van der Waals surface area contributed by atoms with Gasteiger partial charge in [-0.3, -0.25) is 9.89 Å². The van der Waals surface area contributed by atoms with E-state index in [1.54, 1.807) is 0 Å². The number of unbranched alkanes of at least 4 members (excludes halogenated alkanes) is 1. The van der Waals surface area contributed by atoms with Crippen molar-refractivity contribution in [3.8, 4) is 6.07 Å². The fraction of sp³-hybridized carbons (Fsp3) is 0.588. The summed E-state index contributed by atoms with van der Waals surface area (Å²) in [5.74, 6) is 1.19. The first kappa shape index (κ1) is 16.3. The van der Waals surface area contributed by atoms with Crippen LogP contribution in [-0.2, 0) is 6.42 Å². The fourth-order valence-corrected chi connectivity index (χ4v) is 2.85. The molecule has 0 aliphatic carbocycles. The van der Waals surface area contributed by atoms with E-state index in [0.717, 1.165) is 49.9 Å². The van der Waals surface area contributed by atoms with Crippen molar-refractivity contribution in [1.82, 2.24) is 14.6 Å². The SMILES string of the molecule is CCCCC(CC)c1nc2cc(CCC)c(C#N)c(=O)n2[nH]1. The number of aromatic amines is 1. The van der Waals surface area contributed by atoms with E-state index in [0.29, 0.717) is 11.6 Å². The van der Waals surface area contributed by atoms with Crippen molar-refractivity contribution in [2.45, 2.75) is 65.2 Å². The Morgan fingerprint density at radius 3 is 2.73 bits per heavy atom. The third-order valence-corrected chi connectivity index (χ3v) is 4.15. The molecule has 1 atom stereocenters. The lowest BCUT2D eigenvalue weighted by Gasteiger charge is -2.10. The molecule has 1 unspecified atom stereocenters. The smallest absolute Gasteiger partial charge is 0.276 e. The van der Waals surface area contributed by atoms with Gasteiger partial charge in [0.15, 0.2) is 5.65 Å². The Labute approximate surface area is 131 Å². The number of rotatable bonds is 7. The lowest BCUT2D eigenvalue weighted by Crippen LogP contribution is -2.19. The molecule has 1 N–H and O–H groups in total. The molecule has 0 fully saturated rings. The summed E-state index contributed by atoms with van der Waals surface area (Å²) in [7, 11) is 0. The van der Waals surface area contributed by atoms with Crippen molar-refractivity contribution in [3.05, 3.63) is 33.4 Å². The lowest BCUT2D eigenvalue weighted by atomic mass is 9.99. The van der Waals surface area contributed by atoms with Gasteiger partial charge in [-0.15, -0.1) is 0 Å². The van der Waals surface area contributed by atoms with Crippen molar-refractivity contribution < 1.29 is 0 Å². The Kier molecular flexibility index (Phi) is 5.37. The molecule has 2 aromatic heterocycles. The van der Waals surface area contributed by atoms with Crippen LogP contribution in [0.5, 0.6) is 0 Å². The Morgan fingerprint density at radius 1 is 1.36 bits per heavy atom. The van der Waals surface area contributed by atoms with Crippen molar-refractivity contribution >= 4 is 5.65 Å². The molecule has 0 saturated carbocycles. The van der Waals surface area contributed by atoms with Gasteiger partial charge in [0.25, 0.3) is 5.56 Å². The van der Waals surface area contributed by atoms with Gasteiger partial charge in [0.05, 0.1) is 0 Å². The maximum atomic E-state index is 12.5. The van der Waals surface area contributed by atoms with Gasteiger partial charge in [-0.25, -0.2) is 4.98 Å². The number of H-pyrrole nitrogens is 1. The predicted molar refractivity (Wildman–Crippen MR) is 87.1 cm³/mol. The van der Waals surface area contributed by atoms with Gasteiger partial charge in [-0.1, -0.05) is 40.0 Å². The van der Waals surface area contributed by atoms with Crippen molar-refractivity contribution in [2.75, 3.05) is 0 Å². The average molecular weight is 300 g/mol. The maximum absolute atomic E-state index is 12.5. The molecule has 2 heterocycles. The molecule has 0 aliphatic heterocycles. The van der Waals surface area contributed by atoms with E-state index in [4.69, 9.17) is 0 Å². The molecule has 0 radical (unpaired) electrons. The van der Waals surface area contributed by atoms with Gasteiger partial charge in [-0.2, -0.15) is 9.78 Å². The molecule has 0 spiro atoms. The largest absolute Gasteiger partial charge is 0.289 e. The molecule has 2 aromatic rings. The van der Waals surface area contributed by atoms with Gasteiger partial charge in [0, 0.05) is 5.92 Å². The Bertz CT molecular complexity index is 735. The van der Waals surface area contributed by atoms with Crippen LogP contribution in [0.4, 0.5) is 0 Å². The zero-order valence-electron chi connectivity index (χ0n) is 13.6. The third kappa shape index (κ3) is 3.06. The zero-order chi connectivity index (χ0) is 16.1. The number of aryl methyl sites for hydroxylation is 1. The van der Waals surface area contributed by atoms with Crippen LogP contribution in [0.3, 0.4) is 0 Å². The molecule has 0 saturated heterocycles. The minimum absolute atomic E-state index is 0.233. The molecule has 0 bridgehead atoms. The first-order chi connectivity index (χ1) is 10.7. The Morgan fingerprint density at radius 2 is 2.14 bits per heavy atom. The molecular weight excluding hydrogens is 276 g/mol. The number of hydrogen-bond acceptors (Lipinski definition) is 3. The molecular formula is C17H24N4O. The van der Waals surface area contributed by atoms with E-state index in [1.807, 2.05) is 19.1 Å². The van der Waals surface area contributed by atoms with E-state index >= 15 is 0 Å². The number of pyridine rings is 1. The van der Waals surface area contributed by atoms with Gasteiger partial charge in [0.1, 0.15) is 17.5 Å². The highest BCUT2D eigenvalue weighted by atomic mass is 16.1. The van der Waals surface area contributed by atoms with Crippen LogP contribution >= 0.6 is 0 Å². The lowest BCUT2D eigenvalue weighted by molar-refractivity contribution is 0.542. The summed E-state index contributed by atoms with van der Waals surface area (Å²) in [5.41, 5.74) is 1.37. The van der Waals surface area contributed by atoms with E-state index in [1.165, 1.54) is 4.52 Å². The first-order valence-electron chi connectivity index (χ1n) is 8.20. The summed E-state index contributed by atoms with van der Waals surface area (Å²) >= 11 is 0. The number of nitriles is 1. The topological polar surface area (TPSA) is 73.9 Å². The summed E-state index contributed by atoms with van der Waals surface area (Å²) < 4.78 is 1.42. The second-order valence-electron chi connectivity index (χ2n) is 5.76. The summed E-state index contributed by atoms with van der Waals surface area (Å²) in [5, 5.41) is 12.4. The van der Waals surface area contributed by atoms with E-state index in [2.05, 4.69) is 23.9 Å². The van der Waals surface area contributed by atoms with Crippen LogP contribution < -0.4 is 5.56 Å². The molecule has 118 valence electrons. The second-order valence-corrected chi connectivity index (χ2v) is 5.76. The number of aromatic nitrogens is 3. The van der Waals surface area contributed by atoms with Gasteiger partial charge in [-0.05, 0) is 30.9 Å². The van der Waals surface area contributed by atoms with Crippen LogP contribution in [-0.4, -0.2) is 14.6 Å². The van der Waals surface area contributed by atoms with Crippen molar-refractivity contribution in [1.29, 1.82) is 5.26 Å². The predicted octanol–water partition coefficient (Wildman–Crippen LogP) is 3.53. The highest BCUT2D eigenvalue weighted by molar-refractivity contribution is 5.48. The minimum atomic E-state index is -0.285. The van der Waals surface area contributed by atoms with Gasteiger partial charge >= 0.3 is 0 Å². The fourth-order valence-electron chi connectivity index (χ4n) is 2.85. The standard InChI is InChI=1S/C17H24N4O/c1-4-7-9-12(6-3)16-19-15-10-13(8-5-2)14(11-18)17(22)21(15)20-16/h10,12H,4-9H2,1-3H3,(H,19,20). The first-order valence-corrected chi connectivity index (χ1v) is 8.20. The minimum Gasteiger partial charge on any atom is -0.276 e. The summed E-state index contributed by atoms with van der Waals surface area (Å²) in [6, 6.07) is 3.92. The summed E-state index contributed by atoms with van der Waals surface area (Å²) in [6.07, 6.45) is 5.97. The molecule has 0 amide bonds. The highest BCUT2D eigenvalue weighted by Crippen LogP contribution is 2.23. The number of nitrogens with one attached hydrogen (secondary N) is 1. The van der Waals surface area contributed by atoms with E-state index in [-0.39, 0.29) is 11.1 Å². The monoisotopic (exact) mass is 300 g/mol. The van der Waals surface area contributed by atoms with Crippen LogP contribution in [0, 0.1) is 11.3 Å². The maximum Gasteiger partial charge on any atom is 0.289 e. The Balaban J connectivity index is 2.52. The van der Waals surface area contributed by atoms with Gasteiger partial charge in [0.2, 0.25) is 0 Å². The Hall–Kier alpha value is -2.09. The molecule has 0 aliphatic rings. The van der Waals surface area contributed by atoms with Crippen molar-refractivity contribution in [3.63, 3.8) is 0 Å². The normalized spacial score (nSPS) is 12.5. The number of fused-ring (bicyclic) bond motifs is 1. The summed E-state index contributed by atoms with van der Waals surface area (Å²) in [6.45, 7) is 6.35. The second kappa shape index (κ2) is 7.26. The molecule has 0 aromatic carbocycles. The van der Waals surface area contributed by atoms with Crippen molar-refractivity contribution in [2.24, 2.45) is 0 Å². The zero-order valence-corrected chi connectivity index (χ0v) is 13.6.